The maximum Gasteiger partial charge on any atom is 0.261 e. The van der Waals surface area contributed by atoms with Gasteiger partial charge in [0, 0.05) is 12.6 Å². The van der Waals surface area contributed by atoms with Crippen molar-refractivity contribution in [2.75, 3.05) is 19.8 Å². The van der Waals surface area contributed by atoms with E-state index in [9.17, 15) is 8.78 Å². The Morgan fingerprint density at radius 1 is 1.38 bits per heavy atom. The zero-order chi connectivity index (χ0) is 11.8. The minimum atomic E-state index is -2.40. The molecule has 1 aliphatic carbocycles. The van der Waals surface area contributed by atoms with E-state index in [1.54, 1.807) is 0 Å². The lowest BCUT2D eigenvalue weighted by Crippen LogP contribution is -2.41. The third-order valence-corrected chi connectivity index (χ3v) is 2.73. The summed E-state index contributed by atoms with van der Waals surface area (Å²) in [4.78, 5) is 0. The van der Waals surface area contributed by atoms with Gasteiger partial charge in [0.25, 0.3) is 6.43 Å². The molecule has 0 radical (unpaired) electrons. The van der Waals surface area contributed by atoms with Crippen LogP contribution in [0.1, 0.15) is 25.7 Å². The topological polar surface area (TPSA) is 33.3 Å². The van der Waals surface area contributed by atoms with Gasteiger partial charge in [0.15, 0.2) is 5.11 Å². The van der Waals surface area contributed by atoms with Crippen LogP contribution in [0.4, 0.5) is 8.78 Å². The van der Waals surface area contributed by atoms with Gasteiger partial charge >= 0.3 is 0 Å². The monoisotopic (exact) mass is 252 g/mol. The number of ether oxygens (including phenoxy) is 1. The van der Waals surface area contributed by atoms with E-state index in [0.29, 0.717) is 17.7 Å². The van der Waals surface area contributed by atoms with Crippen molar-refractivity contribution in [3.8, 4) is 0 Å². The standard InChI is InChI=1S/C10H18F2N2OS/c11-9(12)7-15-6-5-13-10(16)14-8-3-1-2-4-8/h8-9H,1-7H2,(H2,13,14,16). The van der Waals surface area contributed by atoms with E-state index < -0.39 is 13.0 Å². The Hall–Kier alpha value is -0.490. The molecule has 2 N–H and O–H groups in total. The van der Waals surface area contributed by atoms with Crippen molar-refractivity contribution >= 4 is 17.3 Å². The number of alkyl halides is 2. The summed E-state index contributed by atoms with van der Waals surface area (Å²) in [5.74, 6) is 0. The smallest absolute Gasteiger partial charge is 0.261 e. The van der Waals surface area contributed by atoms with Crippen molar-refractivity contribution in [1.29, 1.82) is 0 Å². The van der Waals surface area contributed by atoms with Gasteiger partial charge in [-0.2, -0.15) is 0 Å². The van der Waals surface area contributed by atoms with Crippen LogP contribution in [0.2, 0.25) is 0 Å². The highest BCUT2D eigenvalue weighted by molar-refractivity contribution is 7.80. The SMILES string of the molecule is FC(F)COCCNC(=S)NC1CCCC1. The predicted octanol–water partition coefficient (Wildman–Crippen LogP) is 1.67. The molecule has 3 nitrogen and oxygen atoms in total. The third-order valence-electron chi connectivity index (χ3n) is 2.47. The van der Waals surface area contributed by atoms with E-state index in [-0.39, 0.29) is 6.61 Å². The largest absolute Gasteiger partial charge is 0.374 e. The molecule has 0 aromatic rings. The minimum Gasteiger partial charge on any atom is -0.374 e. The molecule has 0 atom stereocenters. The molecule has 1 fully saturated rings. The number of hydrogen-bond acceptors (Lipinski definition) is 2. The minimum absolute atomic E-state index is 0.247. The molecule has 0 spiro atoms. The molecular weight excluding hydrogens is 234 g/mol. The van der Waals surface area contributed by atoms with Crippen LogP contribution >= 0.6 is 12.2 Å². The fourth-order valence-electron chi connectivity index (χ4n) is 1.72. The summed E-state index contributed by atoms with van der Waals surface area (Å²) in [5, 5.41) is 6.72. The molecule has 1 aliphatic rings. The second-order valence-electron chi connectivity index (χ2n) is 3.85. The molecule has 0 bridgehead atoms. The van der Waals surface area contributed by atoms with Gasteiger partial charge in [-0.25, -0.2) is 8.78 Å². The van der Waals surface area contributed by atoms with E-state index in [2.05, 4.69) is 10.6 Å². The van der Waals surface area contributed by atoms with Crippen molar-refractivity contribution < 1.29 is 13.5 Å². The lowest BCUT2D eigenvalue weighted by molar-refractivity contribution is 0.0197. The molecule has 1 rings (SSSR count). The zero-order valence-corrected chi connectivity index (χ0v) is 9.99. The van der Waals surface area contributed by atoms with E-state index >= 15 is 0 Å². The summed E-state index contributed by atoms with van der Waals surface area (Å²) < 4.78 is 28.1. The van der Waals surface area contributed by atoms with Crippen LogP contribution in [-0.4, -0.2) is 37.3 Å². The van der Waals surface area contributed by atoms with Gasteiger partial charge in [-0.05, 0) is 25.1 Å². The number of rotatable bonds is 6. The molecule has 6 heteroatoms. The first kappa shape index (κ1) is 13.6. The number of nitrogens with one attached hydrogen (secondary N) is 2. The number of halogens is 2. The lowest BCUT2D eigenvalue weighted by Gasteiger charge is -2.15. The molecule has 0 amide bonds. The van der Waals surface area contributed by atoms with Crippen molar-refractivity contribution in [2.45, 2.75) is 38.2 Å². The maximum atomic E-state index is 11.7. The van der Waals surface area contributed by atoms with E-state index in [0.717, 1.165) is 12.8 Å². The summed E-state index contributed by atoms with van der Waals surface area (Å²) in [7, 11) is 0. The van der Waals surface area contributed by atoms with Crippen molar-refractivity contribution in [2.24, 2.45) is 0 Å². The normalized spacial score (nSPS) is 16.7. The predicted molar refractivity (Wildman–Crippen MR) is 62.8 cm³/mol. The van der Waals surface area contributed by atoms with E-state index in [1.165, 1.54) is 12.8 Å². The van der Waals surface area contributed by atoms with Gasteiger partial charge in [0.1, 0.15) is 6.61 Å². The Kier molecular flexibility index (Phi) is 6.56. The number of hydrogen-bond donors (Lipinski definition) is 2. The maximum absolute atomic E-state index is 11.7. The molecule has 0 aromatic carbocycles. The molecular formula is C10H18F2N2OS. The molecule has 0 unspecified atom stereocenters. The average Bonchev–Trinajstić information content (AvgIpc) is 2.69. The van der Waals surface area contributed by atoms with Crippen LogP contribution in [0.5, 0.6) is 0 Å². The van der Waals surface area contributed by atoms with Gasteiger partial charge in [0.05, 0.1) is 6.61 Å². The Labute approximate surface area is 99.9 Å². The van der Waals surface area contributed by atoms with Gasteiger partial charge in [0.2, 0.25) is 0 Å². The molecule has 0 heterocycles. The summed E-state index contributed by atoms with van der Waals surface area (Å²) in [6.07, 6.45) is 2.41. The molecule has 16 heavy (non-hydrogen) atoms. The highest BCUT2D eigenvalue weighted by Crippen LogP contribution is 2.17. The van der Waals surface area contributed by atoms with Crippen LogP contribution < -0.4 is 10.6 Å². The number of thiocarbonyl (C=S) groups is 1. The van der Waals surface area contributed by atoms with Crippen LogP contribution in [-0.2, 0) is 4.74 Å². The first-order valence-electron chi connectivity index (χ1n) is 5.58. The Bertz CT molecular complexity index is 211. The summed E-state index contributed by atoms with van der Waals surface area (Å²) in [6, 6.07) is 0.474. The molecule has 94 valence electrons. The van der Waals surface area contributed by atoms with Crippen molar-refractivity contribution in [3.05, 3.63) is 0 Å². The van der Waals surface area contributed by atoms with Crippen molar-refractivity contribution in [3.63, 3.8) is 0 Å². The van der Waals surface area contributed by atoms with E-state index in [1.807, 2.05) is 0 Å². The Morgan fingerprint density at radius 3 is 2.69 bits per heavy atom. The van der Waals surface area contributed by atoms with Crippen LogP contribution in [0.25, 0.3) is 0 Å². The molecule has 1 saturated carbocycles. The van der Waals surface area contributed by atoms with Crippen LogP contribution in [0.15, 0.2) is 0 Å². The van der Waals surface area contributed by atoms with Gasteiger partial charge < -0.3 is 15.4 Å². The third kappa shape index (κ3) is 6.17. The van der Waals surface area contributed by atoms with Gasteiger partial charge in [-0.1, -0.05) is 12.8 Å². The second-order valence-corrected chi connectivity index (χ2v) is 4.26. The van der Waals surface area contributed by atoms with Gasteiger partial charge in [-0.3, -0.25) is 0 Å². The highest BCUT2D eigenvalue weighted by atomic mass is 32.1. The van der Waals surface area contributed by atoms with Gasteiger partial charge in [-0.15, -0.1) is 0 Å². The fourth-order valence-corrected chi connectivity index (χ4v) is 1.98. The quantitative estimate of drug-likeness (QED) is 0.556. The van der Waals surface area contributed by atoms with Crippen LogP contribution in [0, 0.1) is 0 Å². The Balaban J connectivity index is 1.93. The Morgan fingerprint density at radius 2 is 2.06 bits per heavy atom. The first-order valence-corrected chi connectivity index (χ1v) is 5.99. The second kappa shape index (κ2) is 7.73. The first-order chi connectivity index (χ1) is 7.68. The average molecular weight is 252 g/mol. The van der Waals surface area contributed by atoms with E-state index in [4.69, 9.17) is 17.0 Å². The molecule has 0 aromatic heterocycles. The van der Waals surface area contributed by atoms with Crippen molar-refractivity contribution in [1.82, 2.24) is 10.6 Å². The fraction of sp³-hybridized carbons (Fsp3) is 0.900. The van der Waals surface area contributed by atoms with Crippen LogP contribution in [0.3, 0.4) is 0 Å². The highest BCUT2D eigenvalue weighted by Gasteiger charge is 2.14. The summed E-state index contributed by atoms with van der Waals surface area (Å²) in [5.41, 5.74) is 0. The summed E-state index contributed by atoms with van der Waals surface area (Å²) in [6.45, 7) is 0.201. The summed E-state index contributed by atoms with van der Waals surface area (Å²) >= 11 is 5.07. The zero-order valence-electron chi connectivity index (χ0n) is 9.18. The molecule has 0 saturated heterocycles. The molecule has 0 aliphatic heterocycles. The lowest BCUT2D eigenvalue weighted by atomic mass is 10.3.